The highest BCUT2D eigenvalue weighted by Gasteiger charge is 2.22. The predicted octanol–water partition coefficient (Wildman–Crippen LogP) is 0.664. The number of fused-ring (bicyclic) bond motifs is 1. The molecule has 80 valence electrons. The first-order chi connectivity index (χ1) is 7.33. The molecule has 2 rings (SSSR count). The number of nitrogens with zero attached hydrogens (tertiary/aromatic N) is 1. The molecule has 4 heteroatoms. The van der Waals surface area contributed by atoms with Gasteiger partial charge in [0.05, 0.1) is 17.9 Å². The van der Waals surface area contributed by atoms with Gasteiger partial charge in [-0.3, -0.25) is 4.79 Å². The maximum Gasteiger partial charge on any atom is 0.246 e. The number of anilines is 2. The SMILES string of the molecule is CNCCN1C(=O)CNc2ccccc21. The topological polar surface area (TPSA) is 44.4 Å². The fourth-order valence-corrected chi connectivity index (χ4v) is 1.73. The average molecular weight is 205 g/mol. The van der Waals surface area contributed by atoms with Gasteiger partial charge in [-0.1, -0.05) is 12.1 Å². The van der Waals surface area contributed by atoms with Gasteiger partial charge in [-0.05, 0) is 19.2 Å². The molecule has 4 nitrogen and oxygen atoms in total. The van der Waals surface area contributed by atoms with Crippen molar-refractivity contribution in [3.8, 4) is 0 Å². The molecular weight excluding hydrogens is 190 g/mol. The Labute approximate surface area is 89.3 Å². The molecule has 0 spiro atoms. The van der Waals surface area contributed by atoms with Crippen LogP contribution in [0, 0.1) is 0 Å². The molecule has 0 radical (unpaired) electrons. The zero-order valence-corrected chi connectivity index (χ0v) is 8.79. The summed E-state index contributed by atoms with van der Waals surface area (Å²) in [4.78, 5) is 13.5. The van der Waals surface area contributed by atoms with Crippen LogP contribution in [-0.4, -0.2) is 32.6 Å². The van der Waals surface area contributed by atoms with Crippen LogP contribution in [0.25, 0.3) is 0 Å². The monoisotopic (exact) mass is 205 g/mol. The molecule has 0 atom stereocenters. The highest BCUT2D eigenvalue weighted by molar-refractivity contribution is 6.02. The number of nitrogens with one attached hydrogen (secondary N) is 2. The Hall–Kier alpha value is -1.55. The molecule has 0 aliphatic carbocycles. The molecule has 2 N–H and O–H groups in total. The van der Waals surface area contributed by atoms with Crippen molar-refractivity contribution in [2.45, 2.75) is 0 Å². The van der Waals surface area contributed by atoms with Gasteiger partial charge >= 0.3 is 0 Å². The van der Waals surface area contributed by atoms with Crippen molar-refractivity contribution < 1.29 is 4.79 Å². The van der Waals surface area contributed by atoms with E-state index in [9.17, 15) is 4.79 Å². The Balaban J connectivity index is 2.25. The highest BCUT2D eigenvalue weighted by Crippen LogP contribution is 2.28. The number of carbonyl (C=O) groups is 1. The van der Waals surface area contributed by atoms with Crippen LogP contribution in [0.2, 0.25) is 0 Å². The van der Waals surface area contributed by atoms with Crippen molar-refractivity contribution in [2.75, 3.05) is 36.9 Å². The summed E-state index contributed by atoms with van der Waals surface area (Å²) in [5.41, 5.74) is 2.01. The van der Waals surface area contributed by atoms with Gasteiger partial charge in [0.1, 0.15) is 0 Å². The number of amides is 1. The minimum atomic E-state index is 0.129. The first kappa shape index (κ1) is 9.98. The van der Waals surface area contributed by atoms with Crippen LogP contribution in [0.4, 0.5) is 11.4 Å². The number of rotatable bonds is 3. The molecule has 1 heterocycles. The summed E-state index contributed by atoms with van der Waals surface area (Å²) >= 11 is 0. The molecule has 0 bridgehead atoms. The first-order valence-electron chi connectivity index (χ1n) is 5.11. The second kappa shape index (κ2) is 4.31. The fraction of sp³-hybridized carbons (Fsp3) is 0.364. The predicted molar refractivity (Wildman–Crippen MR) is 61.2 cm³/mol. The van der Waals surface area contributed by atoms with E-state index in [1.807, 2.05) is 36.2 Å². The lowest BCUT2D eigenvalue weighted by atomic mass is 10.2. The molecule has 0 aromatic heterocycles. The Morgan fingerprint density at radius 2 is 2.27 bits per heavy atom. The van der Waals surface area contributed by atoms with E-state index in [2.05, 4.69) is 10.6 Å². The largest absolute Gasteiger partial charge is 0.374 e. The van der Waals surface area contributed by atoms with Crippen LogP contribution in [0.3, 0.4) is 0 Å². The summed E-state index contributed by atoms with van der Waals surface area (Å²) in [7, 11) is 1.89. The maximum absolute atomic E-state index is 11.7. The smallest absolute Gasteiger partial charge is 0.246 e. The number of hydrogen-bond acceptors (Lipinski definition) is 3. The number of benzene rings is 1. The molecular formula is C11H15N3O. The van der Waals surface area contributed by atoms with Crippen LogP contribution in [0.15, 0.2) is 24.3 Å². The third-order valence-corrected chi connectivity index (χ3v) is 2.51. The minimum absolute atomic E-state index is 0.129. The zero-order chi connectivity index (χ0) is 10.7. The number of hydrogen-bond donors (Lipinski definition) is 2. The molecule has 15 heavy (non-hydrogen) atoms. The zero-order valence-electron chi connectivity index (χ0n) is 8.79. The van der Waals surface area contributed by atoms with Crippen molar-refractivity contribution in [3.05, 3.63) is 24.3 Å². The van der Waals surface area contributed by atoms with Crippen LogP contribution in [0.1, 0.15) is 0 Å². The van der Waals surface area contributed by atoms with E-state index in [4.69, 9.17) is 0 Å². The van der Waals surface area contributed by atoms with E-state index in [0.29, 0.717) is 13.1 Å². The van der Waals surface area contributed by atoms with Crippen LogP contribution < -0.4 is 15.5 Å². The normalized spacial score (nSPS) is 14.7. The number of para-hydroxylation sites is 2. The Kier molecular flexibility index (Phi) is 2.87. The lowest BCUT2D eigenvalue weighted by Gasteiger charge is -2.30. The lowest BCUT2D eigenvalue weighted by molar-refractivity contribution is -0.117. The van der Waals surface area contributed by atoms with Crippen LogP contribution in [-0.2, 0) is 4.79 Å². The Bertz CT molecular complexity index is 365. The van der Waals surface area contributed by atoms with Gasteiger partial charge in [-0.2, -0.15) is 0 Å². The van der Waals surface area contributed by atoms with Crippen molar-refractivity contribution >= 4 is 17.3 Å². The number of carbonyl (C=O) groups excluding carboxylic acids is 1. The van der Waals surface area contributed by atoms with Crippen molar-refractivity contribution in [2.24, 2.45) is 0 Å². The van der Waals surface area contributed by atoms with E-state index in [0.717, 1.165) is 17.9 Å². The molecule has 0 saturated heterocycles. The quantitative estimate of drug-likeness (QED) is 0.762. The molecule has 0 saturated carbocycles. The van der Waals surface area contributed by atoms with Gasteiger partial charge in [0.2, 0.25) is 5.91 Å². The third-order valence-electron chi connectivity index (χ3n) is 2.51. The van der Waals surface area contributed by atoms with E-state index in [1.54, 1.807) is 0 Å². The summed E-state index contributed by atoms with van der Waals surface area (Å²) < 4.78 is 0. The highest BCUT2D eigenvalue weighted by atomic mass is 16.2. The van der Waals surface area contributed by atoms with Crippen LogP contribution >= 0.6 is 0 Å². The average Bonchev–Trinajstić information content (AvgIpc) is 2.28. The van der Waals surface area contributed by atoms with Gasteiger partial charge < -0.3 is 15.5 Å². The standard InChI is InChI=1S/C11H15N3O/c1-12-6-7-14-10-5-3-2-4-9(10)13-8-11(14)15/h2-5,12-13H,6-8H2,1H3. The second-order valence-corrected chi connectivity index (χ2v) is 3.52. The van der Waals surface area contributed by atoms with E-state index in [-0.39, 0.29) is 5.91 Å². The van der Waals surface area contributed by atoms with E-state index in [1.165, 1.54) is 0 Å². The van der Waals surface area contributed by atoms with E-state index < -0.39 is 0 Å². The molecule has 1 aliphatic rings. The Morgan fingerprint density at radius 3 is 3.07 bits per heavy atom. The van der Waals surface area contributed by atoms with Gasteiger partial charge in [0.15, 0.2) is 0 Å². The molecule has 0 unspecified atom stereocenters. The fourth-order valence-electron chi connectivity index (χ4n) is 1.73. The van der Waals surface area contributed by atoms with Gasteiger partial charge in [-0.15, -0.1) is 0 Å². The molecule has 1 aromatic rings. The van der Waals surface area contributed by atoms with E-state index >= 15 is 0 Å². The summed E-state index contributed by atoms with van der Waals surface area (Å²) in [5, 5.41) is 6.16. The Morgan fingerprint density at radius 1 is 1.47 bits per heavy atom. The summed E-state index contributed by atoms with van der Waals surface area (Å²) in [6.07, 6.45) is 0. The first-order valence-corrected chi connectivity index (χ1v) is 5.11. The minimum Gasteiger partial charge on any atom is -0.374 e. The molecule has 1 amide bonds. The van der Waals surface area contributed by atoms with Crippen molar-refractivity contribution in [3.63, 3.8) is 0 Å². The second-order valence-electron chi connectivity index (χ2n) is 3.52. The van der Waals surface area contributed by atoms with Gasteiger partial charge in [-0.25, -0.2) is 0 Å². The molecule has 1 aliphatic heterocycles. The number of likely N-dealkylation sites (N-methyl/N-ethyl adjacent to an activating group) is 1. The molecule has 0 fully saturated rings. The van der Waals surface area contributed by atoms with Crippen LogP contribution in [0.5, 0.6) is 0 Å². The summed E-state index contributed by atoms with van der Waals surface area (Å²) in [6.45, 7) is 1.91. The summed E-state index contributed by atoms with van der Waals surface area (Å²) in [5.74, 6) is 0.129. The molecule has 1 aromatic carbocycles. The van der Waals surface area contributed by atoms with Gasteiger partial charge in [0, 0.05) is 13.1 Å². The van der Waals surface area contributed by atoms with Crippen molar-refractivity contribution in [1.29, 1.82) is 0 Å². The van der Waals surface area contributed by atoms with Gasteiger partial charge in [0.25, 0.3) is 0 Å². The third kappa shape index (κ3) is 1.94. The lowest BCUT2D eigenvalue weighted by Crippen LogP contribution is -2.42. The summed E-state index contributed by atoms with van der Waals surface area (Å²) in [6, 6.07) is 7.88. The van der Waals surface area contributed by atoms with Crippen molar-refractivity contribution in [1.82, 2.24) is 5.32 Å². The maximum atomic E-state index is 11.7.